The highest BCUT2D eigenvalue weighted by molar-refractivity contribution is 5.84. The Morgan fingerprint density at radius 2 is 2.17 bits per heavy atom. The Balaban J connectivity index is 3.16. The van der Waals surface area contributed by atoms with Crippen molar-refractivity contribution in [1.82, 2.24) is 0 Å². The van der Waals surface area contributed by atoms with Crippen LogP contribution in [0.15, 0.2) is 29.9 Å². The standard InChI is InChI=1S/C9H9NO2/c1-2-7-3-4-9(11)8(5-7)6-10-12/h2-6,11-12H,1H2/b10-6-. The summed E-state index contributed by atoms with van der Waals surface area (Å²) in [6.07, 6.45) is 2.82. The van der Waals surface area contributed by atoms with E-state index in [0.29, 0.717) is 5.56 Å². The van der Waals surface area contributed by atoms with Gasteiger partial charge < -0.3 is 10.3 Å². The maximum absolute atomic E-state index is 9.22. The minimum Gasteiger partial charge on any atom is -0.507 e. The number of nitrogens with zero attached hydrogens (tertiary/aromatic N) is 1. The molecule has 1 aromatic rings. The maximum atomic E-state index is 9.22. The highest BCUT2D eigenvalue weighted by Crippen LogP contribution is 2.16. The molecule has 2 N–H and O–H groups in total. The molecule has 1 aromatic carbocycles. The number of phenolic OH excluding ortho intramolecular Hbond substituents is 1. The number of hydrogen-bond donors (Lipinski definition) is 2. The van der Waals surface area contributed by atoms with E-state index in [1.54, 1.807) is 18.2 Å². The van der Waals surface area contributed by atoms with E-state index in [2.05, 4.69) is 11.7 Å². The normalized spacial score (nSPS) is 10.3. The number of phenols is 1. The van der Waals surface area contributed by atoms with E-state index in [1.807, 2.05) is 0 Å². The highest BCUT2D eigenvalue weighted by Gasteiger charge is 1.97. The smallest absolute Gasteiger partial charge is 0.124 e. The third-order valence-electron chi connectivity index (χ3n) is 1.48. The molecule has 0 aliphatic rings. The van der Waals surface area contributed by atoms with Crippen LogP contribution in [0, 0.1) is 0 Å². The Bertz CT molecular complexity index is 318. The first-order chi connectivity index (χ1) is 5.77. The maximum Gasteiger partial charge on any atom is 0.124 e. The lowest BCUT2D eigenvalue weighted by atomic mass is 10.1. The molecule has 0 fully saturated rings. The molecular weight excluding hydrogens is 154 g/mol. The topological polar surface area (TPSA) is 52.8 Å². The van der Waals surface area contributed by atoms with Crippen LogP contribution in [0.2, 0.25) is 0 Å². The summed E-state index contributed by atoms with van der Waals surface area (Å²) in [4.78, 5) is 0. The molecule has 0 unspecified atom stereocenters. The van der Waals surface area contributed by atoms with Crippen molar-refractivity contribution >= 4 is 12.3 Å². The Hall–Kier alpha value is -1.77. The van der Waals surface area contributed by atoms with Crippen molar-refractivity contribution in [1.29, 1.82) is 0 Å². The summed E-state index contributed by atoms with van der Waals surface area (Å²) in [5.74, 6) is 0.0819. The Labute approximate surface area is 70.3 Å². The monoisotopic (exact) mass is 163 g/mol. The number of oxime groups is 1. The van der Waals surface area contributed by atoms with Gasteiger partial charge in [0.15, 0.2) is 0 Å². The molecule has 0 radical (unpaired) electrons. The Morgan fingerprint density at radius 3 is 2.75 bits per heavy atom. The summed E-state index contributed by atoms with van der Waals surface area (Å²) in [7, 11) is 0. The van der Waals surface area contributed by atoms with E-state index < -0.39 is 0 Å². The van der Waals surface area contributed by atoms with Crippen LogP contribution in [-0.4, -0.2) is 16.5 Å². The summed E-state index contributed by atoms with van der Waals surface area (Å²) < 4.78 is 0. The molecule has 0 aromatic heterocycles. The first-order valence-corrected chi connectivity index (χ1v) is 3.41. The van der Waals surface area contributed by atoms with Gasteiger partial charge in [-0.05, 0) is 17.7 Å². The second kappa shape index (κ2) is 3.57. The van der Waals surface area contributed by atoms with Crippen molar-refractivity contribution in [3.05, 3.63) is 35.9 Å². The van der Waals surface area contributed by atoms with E-state index in [4.69, 9.17) is 5.21 Å². The molecule has 3 heteroatoms. The quantitative estimate of drug-likeness (QED) is 0.397. The Kier molecular flexibility index (Phi) is 2.48. The molecule has 0 aliphatic heterocycles. The van der Waals surface area contributed by atoms with Crippen LogP contribution in [0.1, 0.15) is 11.1 Å². The zero-order valence-electron chi connectivity index (χ0n) is 6.44. The van der Waals surface area contributed by atoms with E-state index in [9.17, 15) is 5.11 Å². The molecule has 0 atom stereocenters. The summed E-state index contributed by atoms with van der Waals surface area (Å²) in [6, 6.07) is 4.91. The SMILES string of the molecule is C=Cc1ccc(O)c(/C=N\O)c1. The molecular formula is C9H9NO2. The van der Waals surface area contributed by atoms with Crippen LogP contribution >= 0.6 is 0 Å². The molecule has 0 amide bonds. The lowest BCUT2D eigenvalue weighted by molar-refractivity contribution is 0.321. The summed E-state index contributed by atoms with van der Waals surface area (Å²) in [5, 5.41) is 20.3. The van der Waals surface area contributed by atoms with Crippen LogP contribution in [0.5, 0.6) is 5.75 Å². The van der Waals surface area contributed by atoms with Gasteiger partial charge in [-0.2, -0.15) is 0 Å². The second-order valence-electron chi connectivity index (χ2n) is 2.27. The molecule has 0 spiro atoms. The van der Waals surface area contributed by atoms with Crippen LogP contribution in [0.3, 0.4) is 0 Å². The van der Waals surface area contributed by atoms with E-state index in [0.717, 1.165) is 5.56 Å². The van der Waals surface area contributed by atoms with Crippen molar-refractivity contribution in [2.75, 3.05) is 0 Å². The minimum atomic E-state index is 0.0819. The van der Waals surface area contributed by atoms with Crippen molar-refractivity contribution in [2.45, 2.75) is 0 Å². The first-order valence-electron chi connectivity index (χ1n) is 3.41. The van der Waals surface area contributed by atoms with Crippen LogP contribution in [0.4, 0.5) is 0 Å². The molecule has 62 valence electrons. The molecule has 0 bridgehead atoms. The third-order valence-corrected chi connectivity index (χ3v) is 1.48. The average Bonchev–Trinajstić information content (AvgIpc) is 2.09. The largest absolute Gasteiger partial charge is 0.507 e. The molecule has 0 saturated heterocycles. The van der Waals surface area contributed by atoms with E-state index in [-0.39, 0.29) is 5.75 Å². The van der Waals surface area contributed by atoms with Gasteiger partial charge in [-0.25, -0.2) is 0 Å². The van der Waals surface area contributed by atoms with Gasteiger partial charge in [0.05, 0.1) is 6.21 Å². The molecule has 12 heavy (non-hydrogen) atoms. The van der Waals surface area contributed by atoms with Gasteiger partial charge in [0, 0.05) is 5.56 Å². The van der Waals surface area contributed by atoms with Gasteiger partial charge in [0.1, 0.15) is 5.75 Å². The zero-order chi connectivity index (χ0) is 8.97. The second-order valence-corrected chi connectivity index (χ2v) is 2.27. The lowest BCUT2D eigenvalue weighted by Gasteiger charge is -1.98. The summed E-state index contributed by atoms with van der Waals surface area (Å²) >= 11 is 0. The fourth-order valence-electron chi connectivity index (χ4n) is 0.866. The molecule has 0 aliphatic carbocycles. The number of rotatable bonds is 2. The van der Waals surface area contributed by atoms with Crippen LogP contribution in [-0.2, 0) is 0 Å². The highest BCUT2D eigenvalue weighted by atomic mass is 16.4. The average molecular weight is 163 g/mol. The minimum absolute atomic E-state index is 0.0819. The lowest BCUT2D eigenvalue weighted by Crippen LogP contribution is -1.83. The predicted octanol–water partition coefficient (Wildman–Crippen LogP) is 1.84. The molecule has 3 nitrogen and oxygen atoms in total. The summed E-state index contributed by atoms with van der Waals surface area (Å²) in [6.45, 7) is 3.57. The van der Waals surface area contributed by atoms with Crippen molar-refractivity contribution in [3.63, 3.8) is 0 Å². The Morgan fingerprint density at radius 1 is 1.42 bits per heavy atom. The number of aromatic hydroxyl groups is 1. The molecule has 0 heterocycles. The molecule has 0 saturated carbocycles. The van der Waals surface area contributed by atoms with Gasteiger partial charge in [0.2, 0.25) is 0 Å². The van der Waals surface area contributed by atoms with Gasteiger partial charge >= 0.3 is 0 Å². The fourth-order valence-corrected chi connectivity index (χ4v) is 0.866. The van der Waals surface area contributed by atoms with Crippen molar-refractivity contribution < 1.29 is 10.3 Å². The van der Waals surface area contributed by atoms with Gasteiger partial charge in [-0.1, -0.05) is 23.9 Å². The fraction of sp³-hybridized carbons (Fsp3) is 0. The first kappa shape index (κ1) is 8.33. The van der Waals surface area contributed by atoms with Gasteiger partial charge in [-0.15, -0.1) is 0 Å². The van der Waals surface area contributed by atoms with Gasteiger partial charge in [-0.3, -0.25) is 0 Å². The van der Waals surface area contributed by atoms with Gasteiger partial charge in [0.25, 0.3) is 0 Å². The summed E-state index contributed by atoms with van der Waals surface area (Å²) in [5.41, 5.74) is 1.33. The van der Waals surface area contributed by atoms with E-state index >= 15 is 0 Å². The van der Waals surface area contributed by atoms with E-state index in [1.165, 1.54) is 12.3 Å². The van der Waals surface area contributed by atoms with Crippen LogP contribution in [0.25, 0.3) is 6.08 Å². The van der Waals surface area contributed by atoms with Crippen molar-refractivity contribution in [2.24, 2.45) is 5.16 Å². The van der Waals surface area contributed by atoms with Crippen LogP contribution < -0.4 is 0 Å². The number of hydrogen-bond acceptors (Lipinski definition) is 3. The van der Waals surface area contributed by atoms with Crippen molar-refractivity contribution in [3.8, 4) is 5.75 Å². The number of benzene rings is 1. The zero-order valence-corrected chi connectivity index (χ0v) is 6.44. The predicted molar refractivity (Wildman–Crippen MR) is 47.6 cm³/mol. The third kappa shape index (κ3) is 1.63. The molecule has 1 rings (SSSR count).